The van der Waals surface area contributed by atoms with Crippen molar-refractivity contribution < 1.29 is 28.7 Å². The number of esters is 2. The monoisotopic (exact) mass is 364 g/mol. The summed E-state index contributed by atoms with van der Waals surface area (Å²) < 4.78 is 9.15. The highest BCUT2D eigenvalue weighted by atomic mass is 16.5. The molecule has 8 heteroatoms. The van der Waals surface area contributed by atoms with E-state index in [1.54, 1.807) is 13.8 Å². The van der Waals surface area contributed by atoms with E-state index in [4.69, 9.17) is 0 Å². The maximum absolute atomic E-state index is 11.3. The molecule has 0 aromatic carbocycles. The second kappa shape index (κ2) is 15.5. The van der Waals surface area contributed by atoms with E-state index in [2.05, 4.69) is 43.8 Å². The number of hydrogen-bond acceptors (Lipinski definition) is 6. The van der Waals surface area contributed by atoms with Crippen LogP contribution in [0.1, 0.15) is 39.5 Å². The summed E-state index contributed by atoms with van der Waals surface area (Å²) >= 11 is 0. The smallest absolute Gasteiger partial charge is 0.384 e. The third-order valence-corrected chi connectivity index (χ3v) is 2.78. The first-order valence-corrected chi connectivity index (χ1v) is 8.42. The van der Waals surface area contributed by atoms with Gasteiger partial charge in [-0.05, 0) is 26.7 Å². The Balaban J connectivity index is 3.64. The summed E-state index contributed by atoms with van der Waals surface area (Å²) in [4.78, 5) is 44.5. The van der Waals surface area contributed by atoms with Gasteiger partial charge in [-0.3, -0.25) is 9.59 Å². The Bertz CT molecular complexity index is 553. The fourth-order valence-electron chi connectivity index (χ4n) is 1.65. The molecule has 0 bridgehead atoms. The predicted octanol–water partition coefficient (Wildman–Crippen LogP) is -0.0878. The molecule has 0 aliphatic rings. The second-order valence-corrected chi connectivity index (χ2v) is 4.87. The van der Waals surface area contributed by atoms with Crippen molar-refractivity contribution in [3.63, 3.8) is 0 Å². The van der Waals surface area contributed by atoms with Gasteiger partial charge in [-0.15, -0.1) is 0 Å². The van der Waals surface area contributed by atoms with Crippen LogP contribution in [0.3, 0.4) is 0 Å². The number of carbonyl (C=O) groups excluding carboxylic acids is 4. The van der Waals surface area contributed by atoms with E-state index >= 15 is 0 Å². The molecule has 0 aliphatic heterocycles. The van der Waals surface area contributed by atoms with Gasteiger partial charge < -0.3 is 20.1 Å². The third-order valence-electron chi connectivity index (χ3n) is 2.78. The molecule has 0 aromatic heterocycles. The molecule has 0 aliphatic carbocycles. The van der Waals surface area contributed by atoms with Crippen LogP contribution in [0.2, 0.25) is 0 Å². The first-order chi connectivity index (χ1) is 12.5. The molecule has 0 saturated heterocycles. The molecule has 2 N–H and O–H groups in total. The zero-order valence-corrected chi connectivity index (χ0v) is 15.1. The number of unbranched alkanes of at least 4 members (excludes halogenated alkanes) is 3. The molecule has 0 fully saturated rings. The Hall–Kier alpha value is -3.00. The van der Waals surface area contributed by atoms with Gasteiger partial charge in [0.15, 0.2) is 0 Å². The van der Waals surface area contributed by atoms with Crippen molar-refractivity contribution in [2.24, 2.45) is 0 Å². The molecule has 0 spiro atoms. The molecule has 142 valence electrons. The highest BCUT2D eigenvalue weighted by Gasteiger charge is 1.99. The quantitative estimate of drug-likeness (QED) is 0.256. The van der Waals surface area contributed by atoms with Gasteiger partial charge in [0.25, 0.3) is 11.8 Å². The van der Waals surface area contributed by atoms with Gasteiger partial charge in [-0.25, -0.2) is 9.59 Å². The lowest BCUT2D eigenvalue weighted by atomic mass is 10.2. The number of ether oxygens (including phenoxy) is 2. The van der Waals surface area contributed by atoms with Crippen LogP contribution in [-0.4, -0.2) is 50.1 Å². The highest BCUT2D eigenvalue weighted by Crippen LogP contribution is 1.97. The first-order valence-electron chi connectivity index (χ1n) is 8.42. The zero-order valence-electron chi connectivity index (χ0n) is 15.1. The average Bonchev–Trinajstić information content (AvgIpc) is 2.61. The fraction of sp³-hybridized carbons (Fsp3) is 0.556. The largest absolute Gasteiger partial charge is 0.456 e. The Morgan fingerprint density at radius 2 is 1.04 bits per heavy atom. The van der Waals surface area contributed by atoms with Crippen LogP contribution in [0.15, 0.2) is 0 Å². The minimum Gasteiger partial charge on any atom is -0.456 e. The van der Waals surface area contributed by atoms with E-state index in [0.29, 0.717) is 13.1 Å². The lowest BCUT2D eigenvalue weighted by Gasteiger charge is -2.02. The molecule has 0 atom stereocenters. The summed E-state index contributed by atoms with van der Waals surface area (Å²) in [5, 5.41) is 5.15. The van der Waals surface area contributed by atoms with Crippen LogP contribution in [0.5, 0.6) is 0 Å². The van der Waals surface area contributed by atoms with E-state index in [1.807, 2.05) is 0 Å². The summed E-state index contributed by atoms with van der Waals surface area (Å²) in [6.07, 6.45) is 3.22. The molecule has 8 nitrogen and oxygen atoms in total. The summed E-state index contributed by atoms with van der Waals surface area (Å²) in [5.41, 5.74) is 0. The van der Waals surface area contributed by atoms with Crippen molar-refractivity contribution in [1.82, 2.24) is 10.6 Å². The maximum atomic E-state index is 11.3. The molecular weight excluding hydrogens is 340 g/mol. The fourth-order valence-corrected chi connectivity index (χ4v) is 1.65. The molecule has 0 unspecified atom stereocenters. The molecule has 2 amide bonds. The number of hydrogen-bond donors (Lipinski definition) is 2. The van der Waals surface area contributed by atoms with Crippen LogP contribution in [-0.2, 0) is 28.7 Å². The standard InChI is InChI=1S/C18H24N2O6/c1-3-25-17(23)11-9-15(21)19-13-7-5-6-8-14-20-16(22)10-12-18(24)26-4-2/h3-8,13-14H2,1-2H3,(H,19,21)(H,20,22). The minimum atomic E-state index is -0.725. The summed E-state index contributed by atoms with van der Waals surface area (Å²) in [5.74, 6) is 5.97. The van der Waals surface area contributed by atoms with Gasteiger partial charge in [-0.1, -0.05) is 12.8 Å². The highest BCUT2D eigenvalue weighted by molar-refractivity contribution is 6.01. The van der Waals surface area contributed by atoms with Crippen molar-refractivity contribution in [2.75, 3.05) is 26.3 Å². The molecule has 0 radical (unpaired) electrons. The van der Waals surface area contributed by atoms with Gasteiger partial charge in [-0.2, -0.15) is 0 Å². The molecule has 0 rings (SSSR count). The van der Waals surface area contributed by atoms with Crippen LogP contribution in [0.25, 0.3) is 0 Å². The second-order valence-electron chi connectivity index (χ2n) is 4.87. The summed E-state index contributed by atoms with van der Waals surface area (Å²) in [7, 11) is 0. The van der Waals surface area contributed by atoms with Crippen molar-refractivity contribution in [3.8, 4) is 23.7 Å². The first kappa shape index (κ1) is 23.0. The average molecular weight is 364 g/mol. The van der Waals surface area contributed by atoms with Gasteiger partial charge in [0.05, 0.1) is 13.2 Å². The molecule has 26 heavy (non-hydrogen) atoms. The SMILES string of the molecule is CCOC(=O)C#CC(=O)NCCCCCCNC(=O)C#CC(=O)OCC. The Labute approximate surface area is 153 Å². The van der Waals surface area contributed by atoms with Gasteiger partial charge in [0.2, 0.25) is 0 Å². The van der Waals surface area contributed by atoms with Crippen LogP contribution in [0.4, 0.5) is 0 Å². The van der Waals surface area contributed by atoms with Crippen molar-refractivity contribution >= 4 is 23.8 Å². The van der Waals surface area contributed by atoms with Gasteiger partial charge >= 0.3 is 11.9 Å². The summed E-state index contributed by atoms with van der Waals surface area (Å²) in [6, 6.07) is 0. The number of nitrogens with one attached hydrogen (secondary N) is 2. The zero-order chi connectivity index (χ0) is 19.6. The number of amides is 2. The Morgan fingerprint density at radius 3 is 1.38 bits per heavy atom. The van der Waals surface area contributed by atoms with Crippen LogP contribution < -0.4 is 10.6 Å². The number of carbonyl (C=O) groups is 4. The van der Waals surface area contributed by atoms with E-state index in [9.17, 15) is 19.2 Å². The minimum absolute atomic E-state index is 0.216. The van der Waals surface area contributed by atoms with Gasteiger partial charge in [0.1, 0.15) is 0 Å². The van der Waals surface area contributed by atoms with Crippen LogP contribution in [0, 0.1) is 23.7 Å². The molecule has 0 aromatic rings. The van der Waals surface area contributed by atoms with Crippen LogP contribution >= 0.6 is 0 Å². The Kier molecular flexibility index (Phi) is 13.7. The van der Waals surface area contributed by atoms with Crippen molar-refractivity contribution in [3.05, 3.63) is 0 Å². The summed E-state index contributed by atoms with van der Waals surface area (Å²) in [6.45, 7) is 4.65. The molecular formula is C18H24N2O6. The van der Waals surface area contributed by atoms with Crippen molar-refractivity contribution in [2.45, 2.75) is 39.5 Å². The van der Waals surface area contributed by atoms with Crippen molar-refractivity contribution in [1.29, 1.82) is 0 Å². The molecule has 0 heterocycles. The third kappa shape index (κ3) is 14.6. The topological polar surface area (TPSA) is 111 Å². The van der Waals surface area contributed by atoms with E-state index in [-0.39, 0.29) is 13.2 Å². The lowest BCUT2D eigenvalue weighted by Crippen LogP contribution is -2.23. The normalized spacial score (nSPS) is 8.85. The lowest BCUT2D eigenvalue weighted by molar-refractivity contribution is -0.137. The number of rotatable bonds is 9. The van der Waals surface area contributed by atoms with E-state index < -0.39 is 23.8 Å². The van der Waals surface area contributed by atoms with Gasteiger partial charge in [0, 0.05) is 36.8 Å². The molecule has 0 saturated carbocycles. The Morgan fingerprint density at radius 1 is 0.654 bits per heavy atom. The van der Waals surface area contributed by atoms with E-state index in [0.717, 1.165) is 25.7 Å². The van der Waals surface area contributed by atoms with E-state index in [1.165, 1.54) is 0 Å². The maximum Gasteiger partial charge on any atom is 0.384 e. The predicted molar refractivity (Wildman–Crippen MR) is 93.3 cm³/mol.